The van der Waals surface area contributed by atoms with Crippen molar-refractivity contribution in [3.05, 3.63) is 71.9 Å². The zero-order valence-electron chi connectivity index (χ0n) is 16.7. The lowest BCUT2D eigenvalue weighted by Crippen LogP contribution is -2.38. The molecule has 1 saturated heterocycles. The van der Waals surface area contributed by atoms with E-state index in [9.17, 15) is 14.0 Å². The normalized spacial score (nSPS) is 15.8. The summed E-state index contributed by atoms with van der Waals surface area (Å²) < 4.78 is 14.9. The summed E-state index contributed by atoms with van der Waals surface area (Å²) >= 11 is 0. The smallest absolute Gasteiger partial charge is 0.404 e. The fraction of sp³-hybridized carbons (Fsp3) is 0.273. The number of nitrogens with one attached hydrogen (secondary N) is 1. The molecule has 9 heteroatoms. The van der Waals surface area contributed by atoms with Crippen molar-refractivity contribution in [1.82, 2.24) is 25.0 Å². The summed E-state index contributed by atoms with van der Waals surface area (Å²) in [5.41, 5.74) is 3.34. The fourth-order valence-corrected chi connectivity index (χ4v) is 3.72. The molecule has 1 fully saturated rings. The molecule has 0 bridgehead atoms. The molecule has 4 rings (SSSR count). The minimum absolute atomic E-state index is 0.0431. The third-order valence-corrected chi connectivity index (χ3v) is 5.29. The van der Waals surface area contributed by atoms with Gasteiger partial charge in [0.2, 0.25) is 5.91 Å². The lowest BCUT2D eigenvalue weighted by atomic mass is 10.1. The van der Waals surface area contributed by atoms with Crippen LogP contribution in [0.1, 0.15) is 17.7 Å². The molecule has 1 aliphatic heterocycles. The van der Waals surface area contributed by atoms with E-state index in [1.807, 2.05) is 18.2 Å². The third-order valence-electron chi connectivity index (χ3n) is 5.29. The Morgan fingerprint density at radius 3 is 2.61 bits per heavy atom. The number of nitrogens with zero attached hydrogens (tertiary/aromatic N) is 4. The predicted octanol–water partition coefficient (Wildman–Crippen LogP) is 2.54. The Hall–Kier alpha value is -3.75. The van der Waals surface area contributed by atoms with Gasteiger partial charge >= 0.3 is 6.09 Å². The van der Waals surface area contributed by atoms with E-state index in [1.54, 1.807) is 34.1 Å². The van der Waals surface area contributed by atoms with Crippen LogP contribution in [0.2, 0.25) is 0 Å². The number of hydrogen-bond donors (Lipinski definition) is 2. The summed E-state index contributed by atoms with van der Waals surface area (Å²) in [6.45, 7) is 0.883. The molecule has 0 spiro atoms. The van der Waals surface area contributed by atoms with Crippen LogP contribution in [0.15, 0.2) is 54.9 Å². The first-order chi connectivity index (χ1) is 15.0. The van der Waals surface area contributed by atoms with Gasteiger partial charge in [0, 0.05) is 43.2 Å². The molecule has 1 aliphatic rings. The molecule has 3 heterocycles. The Morgan fingerprint density at radius 2 is 1.90 bits per heavy atom. The van der Waals surface area contributed by atoms with Crippen LogP contribution >= 0.6 is 0 Å². The second-order valence-electron chi connectivity index (χ2n) is 7.49. The van der Waals surface area contributed by atoms with Crippen LogP contribution < -0.4 is 5.32 Å². The molecule has 2 N–H and O–H groups in total. The van der Waals surface area contributed by atoms with Gasteiger partial charge in [-0.15, -0.1) is 0 Å². The second-order valence-corrected chi connectivity index (χ2v) is 7.49. The number of benzene rings is 1. The number of halogens is 1. The lowest BCUT2D eigenvalue weighted by molar-refractivity contribution is -0.131. The number of hydrogen-bond acceptors (Lipinski definition) is 4. The van der Waals surface area contributed by atoms with Gasteiger partial charge in [0.15, 0.2) is 0 Å². The Balaban J connectivity index is 1.55. The van der Waals surface area contributed by atoms with Crippen LogP contribution in [-0.4, -0.2) is 55.9 Å². The Kier molecular flexibility index (Phi) is 5.92. The van der Waals surface area contributed by atoms with Crippen molar-refractivity contribution >= 4 is 12.0 Å². The van der Waals surface area contributed by atoms with Gasteiger partial charge in [0.1, 0.15) is 12.4 Å². The topological polar surface area (TPSA) is 100 Å². The van der Waals surface area contributed by atoms with Crippen molar-refractivity contribution in [2.75, 3.05) is 13.1 Å². The maximum atomic E-state index is 13.3. The molecule has 2 amide bonds. The van der Waals surface area contributed by atoms with Gasteiger partial charge < -0.3 is 15.3 Å². The first kappa shape index (κ1) is 20.5. The van der Waals surface area contributed by atoms with Gasteiger partial charge in [-0.05, 0) is 42.3 Å². The Bertz CT molecular complexity index is 1070. The lowest BCUT2D eigenvalue weighted by Gasteiger charge is -2.17. The molecule has 0 aliphatic carbocycles. The molecule has 1 aromatic carbocycles. The number of carbonyl (C=O) groups is 2. The maximum Gasteiger partial charge on any atom is 0.404 e. The average molecular weight is 423 g/mol. The number of likely N-dealkylation sites (tertiary alicyclic amines) is 1. The van der Waals surface area contributed by atoms with Gasteiger partial charge in [-0.3, -0.25) is 14.5 Å². The monoisotopic (exact) mass is 423 g/mol. The number of amides is 2. The van der Waals surface area contributed by atoms with Crippen LogP contribution in [0.3, 0.4) is 0 Å². The zero-order valence-corrected chi connectivity index (χ0v) is 16.7. The van der Waals surface area contributed by atoms with E-state index in [-0.39, 0.29) is 24.3 Å². The standard InChI is InChI=1S/C22H22FN5O3/c23-17-3-1-15(2-4-17)11-19-12-20(16-5-8-24-9-6-16)26-28(19)14-21(29)27-10-7-18(13-27)25-22(30)31/h1-6,8-9,12,18,25H,7,10-11,13-14H2,(H,30,31)/t18-/m0/s1. The van der Waals surface area contributed by atoms with Crippen molar-refractivity contribution < 1.29 is 19.1 Å². The van der Waals surface area contributed by atoms with Gasteiger partial charge in [-0.25, -0.2) is 9.18 Å². The summed E-state index contributed by atoms with van der Waals surface area (Å²) in [5.74, 6) is -0.428. The Morgan fingerprint density at radius 1 is 1.16 bits per heavy atom. The van der Waals surface area contributed by atoms with E-state index in [0.29, 0.717) is 25.9 Å². The van der Waals surface area contributed by atoms with Crippen LogP contribution in [0.25, 0.3) is 11.3 Å². The SMILES string of the molecule is O=C(O)N[C@H]1CCN(C(=O)Cn2nc(-c3ccncc3)cc2Cc2ccc(F)cc2)C1. The highest BCUT2D eigenvalue weighted by molar-refractivity contribution is 5.77. The molecule has 8 nitrogen and oxygen atoms in total. The molecule has 1 atom stereocenters. The summed E-state index contributed by atoms with van der Waals surface area (Å²) in [5, 5.41) is 15.9. The zero-order chi connectivity index (χ0) is 21.8. The van der Waals surface area contributed by atoms with E-state index < -0.39 is 6.09 Å². The summed E-state index contributed by atoms with van der Waals surface area (Å²) in [6, 6.07) is 11.6. The highest BCUT2D eigenvalue weighted by atomic mass is 19.1. The van der Waals surface area contributed by atoms with Crippen LogP contribution in [0, 0.1) is 5.82 Å². The van der Waals surface area contributed by atoms with Crippen LogP contribution in [0.4, 0.5) is 9.18 Å². The number of aromatic nitrogens is 3. The van der Waals surface area contributed by atoms with Crippen molar-refractivity contribution in [3.8, 4) is 11.3 Å². The molecular weight excluding hydrogens is 401 g/mol. The maximum absolute atomic E-state index is 13.3. The summed E-state index contributed by atoms with van der Waals surface area (Å²) in [7, 11) is 0. The van der Waals surface area contributed by atoms with Crippen molar-refractivity contribution in [1.29, 1.82) is 0 Å². The molecular formula is C22H22FN5O3. The van der Waals surface area contributed by atoms with E-state index >= 15 is 0 Å². The minimum atomic E-state index is -1.09. The van der Waals surface area contributed by atoms with Gasteiger partial charge in [0.25, 0.3) is 0 Å². The highest BCUT2D eigenvalue weighted by Crippen LogP contribution is 2.21. The molecule has 31 heavy (non-hydrogen) atoms. The number of pyridine rings is 1. The van der Waals surface area contributed by atoms with Gasteiger partial charge in [-0.2, -0.15) is 5.10 Å². The predicted molar refractivity (Wildman–Crippen MR) is 111 cm³/mol. The molecule has 3 aromatic rings. The largest absolute Gasteiger partial charge is 0.465 e. The fourth-order valence-electron chi connectivity index (χ4n) is 3.72. The van der Waals surface area contributed by atoms with Crippen LogP contribution in [0.5, 0.6) is 0 Å². The minimum Gasteiger partial charge on any atom is -0.465 e. The highest BCUT2D eigenvalue weighted by Gasteiger charge is 2.28. The second kappa shape index (κ2) is 8.95. The molecule has 2 aromatic heterocycles. The van der Waals surface area contributed by atoms with Crippen molar-refractivity contribution in [2.24, 2.45) is 0 Å². The first-order valence-corrected chi connectivity index (χ1v) is 9.97. The molecule has 0 unspecified atom stereocenters. The van der Waals surface area contributed by atoms with E-state index in [1.165, 1.54) is 12.1 Å². The number of rotatable bonds is 6. The van der Waals surface area contributed by atoms with Crippen molar-refractivity contribution in [2.45, 2.75) is 25.4 Å². The third kappa shape index (κ3) is 5.06. The summed E-state index contributed by atoms with van der Waals surface area (Å²) in [6.07, 6.45) is 3.35. The first-order valence-electron chi connectivity index (χ1n) is 9.97. The number of carbonyl (C=O) groups excluding carboxylic acids is 1. The quantitative estimate of drug-likeness (QED) is 0.635. The van der Waals surface area contributed by atoms with E-state index in [4.69, 9.17) is 5.11 Å². The molecule has 160 valence electrons. The number of carboxylic acid groups (broad SMARTS) is 1. The molecule has 0 saturated carbocycles. The van der Waals surface area contributed by atoms with Gasteiger partial charge in [0.05, 0.1) is 11.7 Å². The van der Waals surface area contributed by atoms with E-state index in [0.717, 1.165) is 22.5 Å². The average Bonchev–Trinajstić information content (AvgIpc) is 3.37. The molecule has 0 radical (unpaired) electrons. The van der Waals surface area contributed by atoms with Crippen molar-refractivity contribution in [3.63, 3.8) is 0 Å². The van der Waals surface area contributed by atoms with Crippen LogP contribution in [-0.2, 0) is 17.8 Å². The summed E-state index contributed by atoms with van der Waals surface area (Å²) in [4.78, 5) is 29.4. The van der Waals surface area contributed by atoms with E-state index in [2.05, 4.69) is 15.4 Å². The Labute approximate surface area is 178 Å². The van der Waals surface area contributed by atoms with Gasteiger partial charge in [-0.1, -0.05) is 12.1 Å².